The number of ether oxygens (including phenoxy) is 1. The Labute approximate surface area is 175 Å². The second-order valence-corrected chi connectivity index (χ2v) is 9.23. The van der Waals surface area contributed by atoms with Crippen LogP contribution in [-0.4, -0.2) is 28.5 Å². The Balaban J connectivity index is 1.56. The number of rotatable bonds is 6. The van der Waals surface area contributed by atoms with Gasteiger partial charge in [-0.3, -0.25) is 9.69 Å². The van der Waals surface area contributed by atoms with Crippen LogP contribution >= 0.6 is 11.3 Å². The lowest BCUT2D eigenvalue weighted by molar-refractivity contribution is 0.244. The van der Waals surface area contributed by atoms with Crippen LogP contribution < -0.4 is 10.3 Å². The first kappa shape index (κ1) is 20.1. The van der Waals surface area contributed by atoms with Crippen molar-refractivity contribution in [1.82, 2.24) is 14.9 Å². The molecule has 0 saturated heterocycles. The van der Waals surface area contributed by atoms with Crippen molar-refractivity contribution in [3.8, 4) is 5.75 Å². The van der Waals surface area contributed by atoms with Gasteiger partial charge in [-0.05, 0) is 69.3 Å². The van der Waals surface area contributed by atoms with Gasteiger partial charge in [-0.25, -0.2) is 4.98 Å². The van der Waals surface area contributed by atoms with Crippen molar-refractivity contribution >= 4 is 21.6 Å². The van der Waals surface area contributed by atoms with Crippen molar-refractivity contribution in [2.24, 2.45) is 5.92 Å². The lowest BCUT2D eigenvalue weighted by Gasteiger charge is -2.24. The van der Waals surface area contributed by atoms with E-state index in [2.05, 4.69) is 42.9 Å². The number of benzene rings is 1. The number of nitrogens with zero attached hydrogens (tertiary/aromatic N) is 2. The number of aromatic nitrogens is 2. The highest BCUT2D eigenvalue weighted by atomic mass is 32.1. The zero-order valence-electron chi connectivity index (χ0n) is 17.6. The van der Waals surface area contributed by atoms with Crippen LogP contribution in [0.25, 0.3) is 10.2 Å². The van der Waals surface area contributed by atoms with E-state index in [0.29, 0.717) is 12.5 Å². The average Bonchev–Trinajstić information content (AvgIpc) is 3.06. The topological polar surface area (TPSA) is 58.2 Å². The molecule has 154 valence electrons. The van der Waals surface area contributed by atoms with Crippen molar-refractivity contribution < 1.29 is 4.74 Å². The van der Waals surface area contributed by atoms with Gasteiger partial charge in [-0.1, -0.05) is 19.1 Å². The van der Waals surface area contributed by atoms with Crippen LogP contribution in [0.2, 0.25) is 0 Å². The van der Waals surface area contributed by atoms with Gasteiger partial charge in [0.1, 0.15) is 16.4 Å². The number of nitrogens with one attached hydrogen (secondary N) is 1. The van der Waals surface area contributed by atoms with Crippen LogP contribution in [0.1, 0.15) is 55.1 Å². The third-order valence-corrected chi connectivity index (χ3v) is 7.06. The van der Waals surface area contributed by atoms with E-state index in [1.54, 1.807) is 11.3 Å². The van der Waals surface area contributed by atoms with E-state index >= 15 is 0 Å². The van der Waals surface area contributed by atoms with Crippen molar-refractivity contribution in [1.29, 1.82) is 0 Å². The molecule has 0 radical (unpaired) electrons. The van der Waals surface area contributed by atoms with Gasteiger partial charge in [-0.15, -0.1) is 11.3 Å². The molecule has 2 aromatic heterocycles. The smallest absolute Gasteiger partial charge is 0.259 e. The van der Waals surface area contributed by atoms with E-state index in [1.165, 1.54) is 16.0 Å². The van der Waals surface area contributed by atoms with Crippen molar-refractivity contribution in [2.75, 3.05) is 13.7 Å². The fourth-order valence-electron chi connectivity index (χ4n) is 4.05. The number of fused-ring (bicyclic) bond motifs is 3. The molecule has 0 amide bonds. The molecule has 3 aromatic rings. The summed E-state index contributed by atoms with van der Waals surface area (Å²) in [5.74, 6) is 2.32. The fourth-order valence-corrected chi connectivity index (χ4v) is 5.45. The van der Waals surface area contributed by atoms with Crippen molar-refractivity contribution in [3.05, 3.63) is 56.4 Å². The maximum Gasteiger partial charge on any atom is 0.259 e. The molecule has 29 heavy (non-hydrogen) atoms. The van der Waals surface area contributed by atoms with Gasteiger partial charge in [0.2, 0.25) is 0 Å². The van der Waals surface area contributed by atoms with Crippen LogP contribution in [0.3, 0.4) is 0 Å². The molecule has 6 heteroatoms. The molecule has 1 N–H and O–H groups in total. The van der Waals surface area contributed by atoms with Crippen LogP contribution in [-0.2, 0) is 19.4 Å². The number of hydrogen-bond donors (Lipinski definition) is 1. The second kappa shape index (κ2) is 8.28. The van der Waals surface area contributed by atoms with E-state index in [0.717, 1.165) is 47.6 Å². The van der Waals surface area contributed by atoms with E-state index in [4.69, 9.17) is 9.72 Å². The summed E-state index contributed by atoms with van der Waals surface area (Å²) in [4.78, 5) is 25.3. The molecule has 0 saturated carbocycles. The molecular formula is C23H29N3O2S. The minimum atomic E-state index is 0.0109. The highest BCUT2D eigenvalue weighted by Crippen LogP contribution is 2.36. The molecule has 0 bridgehead atoms. The molecule has 1 aromatic carbocycles. The third-order valence-electron chi connectivity index (χ3n) is 5.91. The number of aromatic amines is 1. The standard InChI is InChI=1S/C23H29N3O2S/c1-5-28-17-9-7-16(8-10-17)13-26(4)15(3)21-24-22(27)20-18-11-6-14(2)12-19(18)29-23(20)25-21/h7-10,14-15H,5-6,11-13H2,1-4H3,(H,24,25,27). The summed E-state index contributed by atoms with van der Waals surface area (Å²) in [6, 6.07) is 8.18. The lowest BCUT2D eigenvalue weighted by atomic mass is 9.89. The lowest BCUT2D eigenvalue weighted by Crippen LogP contribution is -2.26. The minimum absolute atomic E-state index is 0.0109. The first-order valence-corrected chi connectivity index (χ1v) is 11.2. The number of aryl methyl sites for hydroxylation is 1. The summed E-state index contributed by atoms with van der Waals surface area (Å²) >= 11 is 1.71. The Morgan fingerprint density at radius 2 is 2.10 bits per heavy atom. The zero-order valence-corrected chi connectivity index (χ0v) is 18.4. The van der Waals surface area contributed by atoms with Crippen LogP contribution in [0.15, 0.2) is 29.1 Å². The van der Waals surface area contributed by atoms with E-state index in [9.17, 15) is 4.79 Å². The van der Waals surface area contributed by atoms with E-state index in [-0.39, 0.29) is 11.6 Å². The predicted molar refractivity (Wildman–Crippen MR) is 119 cm³/mol. The summed E-state index contributed by atoms with van der Waals surface area (Å²) in [6.07, 6.45) is 3.22. The molecule has 2 atom stereocenters. The molecule has 1 aliphatic rings. The highest BCUT2D eigenvalue weighted by molar-refractivity contribution is 7.18. The molecular weight excluding hydrogens is 382 g/mol. The Morgan fingerprint density at radius 3 is 2.83 bits per heavy atom. The molecule has 0 aliphatic heterocycles. The summed E-state index contributed by atoms with van der Waals surface area (Å²) < 4.78 is 5.52. The first-order valence-electron chi connectivity index (χ1n) is 10.4. The van der Waals surface area contributed by atoms with E-state index in [1.807, 2.05) is 19.1 Å². The van der Waals surface area contributed by atoms with Gasteiger partial charge >= 0.3 is 0 Å². The SMILES string of the molecule is CCOc1ccc(CN(C)C(C)c2nc3sc4c(c3c(=O)[nH]2)CCC(C)C4)cc1. The van der Waals surface area contributed by atoms with Gasteiger partial charge in [0, 0.05) is 11.4 Å². The molecule has 2 heterocycles. The van der Waals surface area contributed by atoms with Gasteiger partial charge in [0.25, 0.3) is 5.56 Å². The fraction of sp³-hybridized carbons (Fsp3) is 0.478. The largest absolute Gasteiger partial charge is 0.494 e. The molecule has 0 spiro atoms. The van der Waals surface area contributed by atoms with Gasteiger partial charge in [-0.2, -0.15) is 0 Å². The van der Waals surface area contributed by atoms with Gasteiger partial charge in [0.05, 0.1) is 18.0 Å². The summed E-state index contributed by atoms with van der Waals surface area (Å²) in [7, 11) is 2.06. The Kier molecular flexibility index (Phi) is 5.74. The zero-order chi connectivity index (χ0) is 20.5. The maximum atomic E-state index is 12.9. The van der Waals surface area contributed by atoms with Crippen LogP contribution in [0, 0.1) is 5.92 Å². The van der Waals surface area contributed by atoms with E-state index < -0.39 is 0 Å². The van der Waals surface area contributed by atoms with Crippen LogP contribution in [0.5, 0.6) is 5.75 Å². The minimum Gasteiger partial charge on any atom is -0.494 e. The number of hydrogen-bond acceptors (Lipinski definition) is 5. The van der Waals surface area contributed by atoms with Gasteiger partial charge < -0.3 is 9.72 Å². The highest BCUT2D eigenvalue weighted by Gasteiger charge is 2.24. The van der Waals surface area contributed by atoms with Crippen molar-refractivity contribution in [3.63, 3.8) is 0 Å². The van der Waals surface area contributed by atoms with Gasteiger partial charge in [0.15, 0.2) is 0 Å². The Hall–Kier alpha value is -2.18. The molecule has 5 nitrogen and oxygen atoms in total. The van der Waals surface area contributed by atoms with Crippen LogP contribution in [0.4, 0.5) is 0 Å². The summed E-state index contributed by atoms with van der Waals surface area (Å²) in [6.45, 7) is 7.80. The monoisotopic (exact) mass is 411 g/mol. The molecule has 1 aliphatic carbocycles. The first-order chi connectivity index (χ1) is 14.0. The second-order valence-electron chi connectivity index (χ2n) is 8.15. The third kappa shape index (κ3) is 4.09. The quantitative estimate of drug-likeness (QED) is 0.639. The summed E-state index contributed by atoms with van der Waals surface area (Å²) in [5, 5.41) is 0.821. The van der Waals surface area contributed by atoms with Crippen molar-refractivity contribution in [2.45, 2.75) is 52.6 Å². The Morgan fingerprint density at radius 1 is 1.34 bits per heavy atom. The number of thiophene rings is 1. The normalized spacial score (nSPS) is 17.5. The molecule has 2 unspecified atom stereocenters. The molecule has 4 rings (SSSR count). The average molecular weight is 412 g/mol. The predicted octanol–water partition coefficient (Wildman–Crippen LogP) is 4.70. The number of H-pyrrole nitrogens is 1. The molecule has 0 fully saturated rings. The summed E-state index contributed by atoms with van der Waals surface area (Å²) in [5.41, 5.74) is 2.45. The maximum absolute atomic E-state index is 12.9. The Bertz CT molecular complexity index is 1050.